The zero-order chi connectivity index (χ0) is 18.9. The van der Waals surface area contributed by atoms with E-state index >= 15 is 0 Å². The van der Waals surface area contributed by atoms with Gasteiger partial charge in [0.15, 0.2) is 0 Å². The smallest absolute Gasteiger partial charge is 0.307 e. The first kappa shape index (κ1) is 18.0. The van der Waals surface area contributed by atoms with E-state index in [1.165, 1.54) is 0 Å². The van der Waals surface area contributed by atoms with Crippen LogP contribution in [0.1, 0.15) is 65.2 Å². The van der Waals surface area contributed by atoms with Crippen molar-refractivity contribution >= 4 is 18.6 Å². The van der Waals surface area contributed by atoms with Crippen LogP contribution in [0, 0.1) is 34.5 Å². The molecule has 0 aromatic carbocycles. The van der Waals surface area contributed by atoms with E-state index in [1.54, 1.807) is 0 Å². The molecule has 5 heteroatoms. The summed E-state index contributed by atoms with van der Waals surface area (Å²) < 4.78 is 0. The zero-order valence-corrected chi connectivity index (χ0v) is 16.3. The molecule has 0 aromatic heterocycles. The fourth-order valence-corrected chi connectivity index (χ4v) is 7.88. The highest BCUT2D eigenvalue weighted by Crippen LogP contribution is 2.68. The van der Waals surface area contributed by atoms with Gasteiger partial charge in [0, 0.05) is 18.9 Å². The Morgan fingerprint density at radius 2 is 1.88 bits per heavy atom. The number of hydrogen-bond acceptors (Lipinski definition) is 3. The average molecular weight is 360 g/mol. The van der Waals surface area contributed by atoms with Gasteiger partial charge >= 0.3 is 5.97 Å². The Morgan fingerprint density at radius 3 is 2.54 bits per heavy atom. The molecule has 26 heavy (non-hydrogen) atoms. The molecule has 1 N–H and O–H groups in total. The summed E-state index contributed by atoms with van der Waals surface area (Å²) in [6.45, 7) is 8.48. The Hall–Kier alpha value is -1.39. The lowest BCUT2D eigenvalue weighted by Crippen LogP contribution is -2.68. The second kappa shape index (κ2) is 5.56. The molecular formula is C21H32N2O3. The molecule has 0 spiro atoms. The van der Waals surface area contributed by atoms with Gasteiger partial charge in [-0.05, 0) is 74.8 Å². The number of piperidine rings is 1. The van der Waals surface area contributed by atoms with E-state index in [1.807, 2.05) is 11.9 Å². The molecule has 4 fully saturated rings. The van der Waals surface area contributed by atoms with Crippen LogP contribution in [0.15, 0.2) is 4.99 Å². The van der Waals surface area contributed by atoms with Crippen LogP contribution in [0.2, 0.25) is 0 Å². The SMILES string of the molecule is C=N[C@@]12CCC3C(CC[C@]4(C)[C@@H](C(=O)O)CC[C@@H]34)[C@@]1(C)CCC(=O)N2C. The first-order valence-electron chi connectivity index (χ1n) is 10.2. The monoisotopic (exact) mass is 360 g/mol. The molecule has 3 aliphatic carbocycles. The van der Waals surface area contributed by atoms with Crippen LogP contribution in [0.25, 0.3) is 0 Å². The average Bonchev–Trinajstić information content (AvgIpc) is 2.96. The lowest BCUT2D eigenvalue weighted by Gasteiger charge is -2.65. The van der Waals surface area contributed by atoms with Gasteiger partial charge in [0.1, 0.15) is 5.66 Å². The number of fused-ring (bicyclic) bond motifs is 5. The third-order valence-corrected chi connectivity index (χ3v) is 9.34. The molecule has 2 unspecified atom stereocenters. The molecule has 1 heterocycles. The minimum absolute atomic E-state index is 0.0526. The van der Waals surface area contributed by atoms with Gasteiger partial charge < -0.3 is 10.0 Å². The van der Waals surface area contributed by atoms with Crippen molar-refractivity contribution in [1.82, 2.24) is 4.90 Å². The van der Waals surface area contributed by atoms with Gasteiger partial charge in [0.05, 0.1) is 5.92 Å². The van der Waals surface area contributed by atoms with Crippen molar-refractivity contribution < 1.29 is 14.7 Å². The molecule has 0 radical (unpaired) electrons. The molecule has 3 saturated carbocycles. The molecule has 0 bridgehead atoms. The zero-order valence-electron chi connectivity index (χ0n) is 16.3. The van der Waals surface area contributed by atoms with Gasteiger partial charge in [-0.1, -0.05) is 13.8 Å². The van der Waals surface area contributed by atoms with Crippen molar-refractivity contribution in [3.8, 4) is 0 Å². The topological polar surface area (TPSA) is 70.0 Å². The van der Waals surface area contributed by atoms with Gasteiger partial charge in [-0.2, -0.15) is 0 Å². The second-order valence-corrected chi connectivity index (χ2v) is 9.77. The Morgan fingerprint density at radius 1 is 1.15 bits per heavy atom. The molecule has 0 aromatic rings. The van der Waals surface area contributed by atoms with E-state index in [2.05, 4.69) is 25.6 Å². The highest BCUT2D eigenvalue weighted by atomic mass is 16.4. The van der Waals surface area contributed by atoms with Gasteiger partial charge in [0.25, 0.3) is 0 Å². The predicted octanol–water partition coefficient (Wildman–Crippen LogP) is 3.58. The summed E-state index contributed by atoms with van der Waals surface area (Å²) >= 11 is 0. The molecule has 1 amide bonds. The summed E-state index contributed by atoms with van der Waals surface area (Å²) in [6.07, 6.45) is 7.25. The normalized spacial score (nSPS) is 50.6. The molecule has 1 aliphatic heterocycles. The molecule has 5 nitrogen and oxygen atoms in total. The maximum atomic E-state index is 12.4. The lowest BCUT2D eigenvalue weighted by atomic mass is 9.45. The summed E-state index contributed by atoms with van der Waals surface area (Å²) in [5, 5.41) is 9.73. The van der Waals surface area contributed by atoms with Crippen molar-refractivity contribution in [1.29, 1.82) is 0 Å². The number of amides is 1. The molecule has 4 aliphatic rings. The van der Waals surface area contributed by atoms with Gasteiger partial charge in [-0.25, -0.2) is 0 Å². The number of aliphatic carboxylic acids is 1. The minimum Gasteiger partial charge on any atom is -0.481 e. The van der Waals surface area contributed by atoms with E-state index in [9.17, 15) is 14.7 Å². The van der Waals surface area contributed by atoms with E-state index < -0.39 is 11.6 Å². The summed E-state index contributed by atoms with van der Waals surface area (Å²) in [6, 6.07) is 0. The Kier molecular flexibility index (Phi) is 3.85. The summed E-state index contributed by atoms with van der Waals surface area (Å²) in [5.74, 6) is 0.926. The maximum Gasteiger partial charge on any atom is 0.307 e. The summed E-state index contributed by atoms with van der Waals surface area (Å²) in [4.78, 5) is 30.7. The molecular weight excluding hydrogens is 328 g/mol. The number of aliphatic imine (C=N–C) groups is 1. The maximum absolute atomic E-state index is 12.4. The van der Waals surface area contributed by atoms with Gasteiger partial charge in [-0.15, -0.1) is 0 Å². The predicted molar refractivity (Wildman–Crippen MR) is 99.8 cm³/mol. The van der Waals surface area contributed by atoms with Crippen molar-refractivity contribution in [3.05, 3.63) is 0 Å². The molecule has 1 saturated heterocycles. The van der Waals surface area contributed by atoms with Crippen LogP contribution in [0.4, 0.5) is 0 Å². The highest BCUT2D eigenvalue weighted by Gasteiger charge is 2.67. The van der Waals surface area contributed by atoms with Crippen LogP contribution in [0.3, 0.4) is 0 Å². The van der Waals surface area contributed by atoms with E-state index in [4.69, 9.17) is 0 Å². The summed E-state index contributed by atoms with van der Waals surface area (Å²) in [7, 11) is 1.90. The second-order valence-electron chi connectivity index (χ2n) is 9.77. The quantitative estimate of drug-likeness (QED) is 0.765. The third kappa shape index (κ3) is 1.95. The first-order chi connectivity index (χ1) is 12.2. The fraction of sp³-hybridized carbons (Fsp3) is 0.857. The van der Waals surface area contributed by atoms with E-state index in [0.717, 1.165) is 44.9 Å². The molecule has 144 valence electrons. The highest BCUT2D eigenvalue weighted by molar-refractivity contribution is 5.78. The van der Waals surface area contributed by atoms with Crippen LogP contribution in [-0.4, -0.2) is 41.3 Å². The third-order valence-electron chi connectivity index (χ3n) is 9.34. The Balaban J connectivity index is 1.71. The van der Waals surface area contributed by atoms with Crippen molar-refractivity contribution in [3.63, 3.8) is 0 Å². The number of carbonyl (C=O) groups is 2. The number of carboxylic acids is 1. The van der Waals surface area contributed by atoms with Crippen LogP contribution < -0.4 is 0 Å². The molecule has 4 rings (SSSR count). The van der Waals surface area contributed by atoms with Crippen LogP contribution in [-0.2, 0) is 9.59 Å². The van der Waals surface area contributed by atoms with E-state index in [0.29, 0.717) is 24.2 Å². The fourth-order valence-electron chi connectivity index (χ4n) is 7.88. The van der Waals surface area contributed by atoms with Crippen molar-refractivity contribution in [2.75, 3.05) is 7.05 Å². The van der Waals surface area contributed by atoms with Crippen LogP contribution >= 0.6 is 0 Å². The number of likely N-dealkylation sites (tertiary alicyclic amines) is 1. The number of hydrogen-bond donors (Lipinski definition) is 1. The number of nitrogens with zero attached hydrogens (tertiary/aromatic N) is 2. The van der Waals surface area contributed by atoms with Gasteiger partial charge in [0.2, 0.25) is 5.91 Å². The standard InChI is InChI=1S/C21H32N2O3/c1-19-10-8-15-13(14(19)5-6-16(19)18(25)26)7-12-21(22-3)20(15,2)11-9-17(24)23(21)4/h13-16H,3,5-12H2,1-2,4H3,(H,25,26)/t13?,14-,15?,16+,19-,20+,21+/m0/s1. The van der Waals surface area contributed by atoms with Crippen molar-refractivity contribution in [2.45, 2.75) is 70.9 Å². The largest absolute Gasteiger partial charge is 0.481 e. The minimum atomic E-state index is -0.611. The van der Waals surface area contributed by atoms with Crippen molar-refractivity contribution in [2.24, 2.45) is 39.5 Å². The number of carboxylic acid groups (broad SMARTS) is 1. The Labute approximate surface area is 156 Å². The Bertz CT molecular complexity index is 664. The number of carbonyl (C=O) groups excluding carboxylic acids is 1. The van der Waals surface area contributed by atoms with Crippen LogP contribution in [0.5, 0.6) is 0 Å². The van der Waals surface area contributed by atoms with E-state index in [-0.39, 0.29) is 22.7 Å². The molecule has 7 atom stereocenters. The first-order valence-corrected chi connectivity index (χ1v) is 10.2. The van der Waals surface area contributed by atoms with Gasteiger partial charge in [-0.3, -0.25) is 14.6 Å². The lowest BCUT2D eigenvalue weighted by molar-refractivity contribution is -0.185. The summed E-state index contributed by atoms with van der Waals surface area (Å²) in [5.41, 5.74) is -0.605. The number of rotatable bonds is 2.